The average Bonchev–Trinajstić information content (AvgIpc) is 3.27. The Morgan fingerprint density at radius 2 is 2.08 bits per heavy atom. The molecule has 1 heterocycles. The van der Waals surface area contributed by atoms with Crippen LogP contribution in [0.4, 0.5) is 0 Å². The molecule has 0 bridgehead atoms. The summed E-state index contributed by atoms with van der Waals surface area (Å²) in [6, 6.07) is 0. The number of oxazole rings is 1. The molecule has 1 aromatic heterocycles. The monoisotopic (exact) mass is 350 g/mol. The van der Waals surface area contributed by atoms with Crippen LogP contribution in [0.2, 0.25) is 0 Å². The Kier molecular flexibility index (Phi) is 7.47. The molecule has 0 unspecified atom stereocenters. The standard InChI is InChI=1S/C19H30N2O4/c1-14(2)10-11-21(18(22)9-8-15-6-4-5-7-15)12-17-20-16(13-25-17)19(23)24-3/h13-15H,4-12H2,1-3H3. The van der Waals surface area contributed by atoms with Crippen molar-refractivity contribution in [3.63, 3.8) is 0 Å². The largest absolute Gasteiger partial charge is 0.464 e. The zero-order valence-electron chi connectivity index (χ0n) is 15.6. The maximum absolute atomic E-state index is 12.7. The SMILES string of the molecule is COC(=O)c1coc(CN(CCC(C)C)C(=O)CCC2CCCC2)n1. The highest BCUT2D eigenvalue weighted by atomic mass is 16.5. The fraction of sp³-hybridized carbons (Fsp3) is 0.737. The van der Waals surface area contributed by atoms with Gasteiger partial charge in [0.2, 0.25) is 11.8 Å². The Hall–Kier alpha value is -1.85. The van der Waals surface area contributed by atoms with Crippen molar-refractivity contribution in [1.82, 2.24) is 9.88 Å². The van der Waals surface area contributed by atoms with E-state index in [1.54, 1.807) is 0 Å². The van der Waals surface area contributed by atoms with E-state index >= 15 is 0 Å². The highest BCUT2D eigenvalue weighted by Crippen LogP contribution is 2.28. The lowest BCUT2D eigenvalue weighted by Gasteiger charge is -2.23. The molecular formula is C19H30N2O4. The highest BCUT2D eigenvalue weighted by Gasteiger charge is 2.21. The molecule has 0 saturated heterocycles. The average molecular weight is 350 g/mol. The molecule has 1 aromatic rings. The van der Waals surface area contributed by atoms with Gasteiger partial charge in [0.1, 0.15) is 6.26 Å². The van der Waals surface area contributed by atoms with Crippen LogP contribution in [0.1, 0.15) is 75.2 Å². The number of hydrogen-bond acceptors (Lipinski definition) is 5. The molecule has 1 saturated carbocycles. The molecule has 0 radical (unpaired) electrons. The third kappa shape index (κ3) is 6.18. The molecule has 0 atom stereocenters. The van der Waals surface area contributed by atoms with Crippen molar-refractivity contribution in [2.45, 2.75) is 65.3 Å². The third-order valence-electron chi connectivity index (χ3n) is 4.84. The first-order valence-electron chi connectivity index (χ1n) is 9.30. The van der Waals surface area contributed by atoms with E-state index in [1.165, 1.54) is 39.1 Å². The van der Waals surface area contributed by atoms with Crippen LogP contribution in [0.3, 0.4) is 0 Å². The first kappa shape index (κ1) is 19.5. The summed E-state index contributed by atoms with van der Waals surface area (Å²) >= 11 is 0. The summed E-state index contributed by atoms with van der Waals surface area (Å²) in [6.45, 7) is 5.26. The van der Waals surface area contributed by atoms with E-state index in [1.807, 2.05) is 4.90 Å². The maximum atomic E-state index is 12.7. The van der Waals surface area contributed by atoms with Gasteiger partial charge in [-0.3, -0.25) is 4.79 Å². The van der Waals surface area contributed by atoms with Gasteiger partial charge in [-0.05, 0) is 24.7 Å². The van der Waals surface area contributed by atoms with Gasteiger partial charge in [-0.1, -0.05) is 39.5 Å². The van der Waals surface area contributed by atoms with E-state index in [2.05, 4.69) is 23.6 Å². The van der Waals surface area contributed by atoms with Crippen molar-refractivity contribution in [3.05, 3.63) is 17.8 Å². The van der Waals surface area contributed by atoms with E-state index in [0.29, 0.717) is 37.2 Å². The van der Waals surface area contributed by atoms with Crippen LogP contribution < -0.4 is 0 Å². The Morgan fingerprint density at radius 3 is 2.72 bits per heavy atom. The summed E-state index contributed by atoms with van der Waals surface area (Å²) < 4.78 is 9.98. The third-order valence-corrected chi connectivity index (χ3v) is 4.84. The van der Waals surface area contributed by atoms with Crippen LogP contribution >= 0.6 is 0 Å². The van der Waals surface area contributed by atoms with Gasteiger partial charge in [0.25, 0.3) is 0 Å². The Labute approximate surface area is 149 Å². The first-order chi connectivity index (χ1) is 12.0. The van der Waals surface area contributed by atoms with E-state index < -0.39 is 5.97 Å². The number of carbonyl (C=O) groups excluding carboxylic acids is 2. The number of aromatic nitrogens is 1. The number of ether oxygens (including phenoxy) is 1. The molecule has 1 aliphatic carbocycles. The van der Waals surface area contributed by atoms with Crippen LogP contribution in [0, 0.1) is 11.8 Å². The lowest BCUT2D eigenvalue weighted by atomic mass is 10.0. The number of esters is 1. The van der Waals surface area contributed by atoms with Crippen molar-refractivity contribution in [2.75, 3.05) is 13.7 Å². The minimum absolute atomic E-state index is 0.139. The molecule has 0 aromatic carbocycles. The summed E-state index contributed by atoms with van der Waals surface area (Å²) in [6.07, 6.45) is 8.85. The van der Waals surface area contributed by atoms with Crippen molar-refractivity contribution in [1.29, 1.82) is 0 Å². The summed E-state index contributed by atoms with van der Waals surface area (Å²) in [7, 11) is 1.30. The van der Waals surface area contributed by atoms with E-state index in [4.69, 9.17) is 4.42 Å². The number of amides is 1. The number of rotatable bonds is 9. The number of methoxy groups -OCH3 is 1. The van der Waals surface area contributed by atoms with Gasteiger partial charge in [0.05, 0.1) is 13.7 Å². The van der Waals surface area contributed by atoms with Crippen LogP contribution in [0.15, 0.2) is 10.7 Å². The molecular weight excluding hydrogens is 320 g/mol. The predicted octanol–water partition coefficient (Wildman–Crippen LogP) is 3.81. The Balaban J connectivity index is 1.94. The summed E-state index contributed by atoms with van der Waals surface area (Å²) in [4.78, 5) is 30.1. The highest BCUT2D eigenvalue weighted by molar-refractivity contribution is 5.86. The fourth-order valence-electron chi connectivity index (χ4n) is 3.24. The topological polar surface area (TPSA) is 72.6 Å². The van der Waals surface area contributed by atoms with Crippen LogP contribution in [0.25, 0.3) is 0 Å². The van der Waals surface area contributed by atoms with Gasteiger partial charge in [-0.2, -0.15) is 0 Å². The first-order valence-corrected chi connectivity index (χ1v) is 9.30. The second-order valence-corrected chi connectivity index (χ2v) is 7.31. The normalized spacial score (nSPS) is 14.9. The van der Waals surface area contributed by atoms with Gasteiger partial charge in [-0.15, -0.1) is 0 Å². The van der Waals surface area contributed by atoms with Crippen LogP contribution in [0.5, 0.6) is 0 Å². The number of hydrogen-bond donors (Lipinski definition) is 0. The van der Waals surface area contributed by atoms with Crippen molar-refractivity contribution < 1.29 is 18.7 Å². The van der Waals surface area contributed by atoms with Gasteiger partial charge in [0, 0.05) is 13.0 Å². The van der Waals surface area contributed by atoms with Crippen LogP contribution in [-0.4, -0.2) is 35.4 Å². The lowest BCUT2D eigenvalue weighted by molar-refractivity contribution is -0.132. The molecule has 1 aliphatic rings. The zero-order valence-corrected chi connectivity index (χ0v) is 15.6. The quantitative estimate of drug-likeness (QED) is 0.633. The maximum Gasteiger partial charge on any atom is 0.360 e. The molecule has 0 aliphatic heterocycles. The van der Waals surface area contributed by atoms with Gasteiger partial charge < -0.3 is 14.1 Å². The molecule has 1 fully saturated rings. The smallest absolute Gasteiger partial charge is 0.360 e. The minimum atomic E-state index is -0.531. The number of nitrogens with zero attached hydrogens (tertiary/aromatic N) is 2. The molecule has 1 amide bonds. The van der Waals surface area contributed by atoms with Crippen molar-refractivity contribution >= 4 is 11.9 Å². The molecule has 6 nitrogen and oxygen atoms in total. The molecule has 140 valence electrons. The van der Waals surface area contributed by atoms with E-state index in [-0.39, 0.29) is 11.6 Å². The molecule has 0 N–H and O–H groups in total. The Morgan fingerprint density at radius 1 is 1.36 bits per heavy atom. The molecule has 6 heteroatoms. The van der Waals surface area contributed by atoms with Crippen molar-refractivity contribution in [3.8, 4) is 0 Å². The summed E-state index contributed by atoms with van der Waals surface area (Å²) in [5.74, 6) is 1.20. The molecule has 0 spiro atoms. The minimum Gasteiger partial charge on any atom is -0.464 e. The second-order valence-electron chi connectivity index (χ2n) is 7.31. The van der Waals surface area contributed by atoms with Crippen LogP contribution in [-0.2, 0) is 16.1 Å². The lowest BCUT2D eigenvalue weighted by Crippen LogP contribution is -2.32. The molecule has 2 rings (SSSR count). The zero-order chi connectivity index (χ0) is 18.2. The summed E-state index contributed by atoms with van der Waals surface area (Å²) in [5.41, 5.74) is 0.139. The number of carbonyl (C=O) groups is 2. The van der Waals surface area contributed by atoms with Gasteiger partial charge >= 0.3 is 5.97 Å². The molecule has 25 heavy (non-hydrogen) atoms. The second kappa shape index (κ2) is 9.59. The predicted molar refractivity (Wildman–Crippen MR) is 93.9 cm³/mol. The van der Waals surface area contributed by atoms with Gasteiger partial charge in [0.15, 0.2) is 5.69 Å². The Bertz CT molecular complexity index is 562. The van der Waals surface area contributed by atoms with Crippen molar-refractivity contribution in [2.24, 2.45) is 11.8 Å². The fourth-order valence-corrected chi connectivity index (χ4v) is 3.24. The van der Waals surface area contributed by atoms with Gasteiger partial charge in [-0.25, -0.2) is 9.78 Å². The van der Waals surface area contributed by atoms with E-state index in [9.17, 15) is 9.59 Å². The van der Waals surface area contributed by atoms with E-state index in [0.717, 1.165) is 12.8 Å². The summed E-state index contributed by atoms with van der Waals surface area (Å²) in [5, 5.41) is 0.